The lowest BCUT2D eigenvalue weighted by atomic mass is 10.0. The quantitative estimate of drug-likeness (QED) is 0.0346. The first-order valence-electron chi connectivity index (χ1n) is 28.5. The Balaban J connectivity index is 4.19. The van der Waals surface area contributed by atoms with E-state index in [1.54, 1.807) is 0 Å². The average molecular weight is 900 g/mol. The molecule has 0 fully saturated rings. The van der Waals surface area contributed by atoms with E-state index < -0.39 is 6.10 Å². The smallest absolute Gasteiger partial charge is 0.306 e. The topological polar surface area (TPSA) is 61.8 Å². The summed E-state index contributed by atoms with van der Waals surface area (Å²) in [6, 6.07) is 0. The zero-order valence-electron chi connectivity index (χ0n) is 43.3. The number of hydrogen-bond acceptors (Lipinski definition) is 5. The summed E-state index contributed by atoms with van der Waals surface area (Å²) in [5.41, 5.74) is 0. The van der Waals surface area contributed by atoms with Crippen LogP contribution in [0.1, 0.15) is 303 Å². The van der Waals surface area contributed by atoms with Crippen LogP contribution in [0.5, 0.6) is 0 Å². The van der Waals surface area contributed by atoms with Gasteiger partial charge < -0.3 is 14.2 Å². The standard InChI is InChI=1S/C59H110O5/c1-4-7-10-13-16-19-22-25-27-29-30-32-33-35-37-40-43-46-49-52-58(60)63-56-57(55-62-54-51-48-45-42-39-24-21-18-15-12-9-6-3)64-59(61)53-50-47-44-41-38-36-34-31-28-26-23-20-17-14-11-8-5-2/h8,11,17,20,26,28,57H,4-7,9-10,12-16,18-19,21-25,27,29-56H2,1-3H3/b11-8-,20-17-,28-26-. The molecule has 0 aromatic heterocycles. The molecular formula is C59H110O5. The minimum Gasteiger partial charge on any atom is -0.462 e. The Morgan fingerprint density at radius 1 is 0.359 bits per heavy atom. The van der Waals surface area contributed by atoms with E-state index in [-0.39, 0.29) is 18.5 Å². The van der Waals surface area contributed by atoms with Crippen molar-refractivity contribution in [2.75, 3.05) is 19.8 Å². The molecule has 0 amide bonds. The Hall–Kier alpha value is -1.88. The third-order valence-corrected chi connectivity index (χ3v) is 12.7. The molecule has 0 saturated heterocycles. The second kappa shape index (κ2) is 55.4. The van der Waals surface area contributed by atoms with Gasteiger partial charge >= 0.3 is 11.9 Å². The first-order valence-corrected chi connectivity index (χ1v) is 28.5. The molecular weight excluding hydrogens is 789 g/mol. The normalized spacial score (nSPS) is 12.4. The molecule has 1 atom stereocenters. The van der Waals surface area contributed by atoms with Crippen LogP contribution in [0, 0.1) is 0 Å². The highest BCUT2D eigenvalue weighted by atomic mass is 16.6. The number of carbonyl (C=O) groups excluding carboxylic acids is 2. The van der Waals surface area contributed by atoms with Crippen LogP contribution in [0.3, 0.4) is 0 Å². The van der Waals surface area contributed by atoms with Crippen LogP contribution in [0.4, 0.5) is 0 Å². The molecule has 0 aliphatic carbocycles. The van der Waals surface area contributed by atoms with Gasteiger partial charge in [0.15, 0.2) is 6.10 Å². The molecule has 1 unspecified atom stereocenters. The fraction of sp³-hybridized carbons (Fsp3) is 0.864. The maximum atomic E-state index is 12.8. The lowest BCUT2D eigenvalue weighted by Crippen LogP contribution is -2.30. The summed E-state index contributed by atoms with van der Waals surface area (Å²) in [7, 11) is 0. The molecule has 0 saturated carbocycles. The van der Waals surface area contributed by atoms with E-state index in [1.165, 1.54) is 205 Å². The average Bonchev–Trinajstić information content (AvgIpc) is 3.30. The maximum absolute atomic E-state index is 12.8. The van der Waals surface area contributed by atoms with Gasteiger partial charge in [0.1, 0.15) is 6.61 Å². The molecule has 5 nitrogen and oxygen atoms in total. The Labute approximate surface area is 400 Å². The van der Waals surface area contributed by atoms with Crippen LogP contribution >= 0.6 is 0 Å². The lowest BCUT2D eigenvalue weighted by molar-refractivity contribution is -0.163. The van der Waals surface area contributed by atoms with Gasteiger partial charge in [-0.15, -0.1) is 0 Å². The number of esters is 2. The van der Waals surface area contributed by atoms with Crippen molar-refractivity contribution in [1.29, 1.82) is 0 Å². The summed E-state index contributed by atoms with van der Waals surface area (Å²) in [4.78, 5) is 25.5. The highest BCUT2D eigenvalue weighted by Gasteiger charge is 2.17. The number of hydrogen-bond donors (Lipinski definition) is 0. The molecule has 0 spiro atoms. The van der Waals surface area contributed by atoms with Crippen molar-refractivity contribution in [3.05, 3.63) is 36.5 Å². The van der Waals surface area contributed by atoms with E-state index in [0.717, 1.165) is 64.2 Å². The molecule has 376 valence electrons. The van der Waals surface area contributed by atoms with Gasteiger partial charge in [-0.3, -0.25) is 9.59 Å². The SMILES string of the molecule is CC/C=C\C/C=C\C/C=C\CCCCCCCCCC(=O)OC(COCCCCCCCCCCCCCC)COC(=O)CCCCCCCCCCCCCCCCCCCCC. The van der Waals surface area contributed by atoms with E-state index in [1.807, 2.05) is 0 Å². The zero-order chi connectivity index (χ0) is 46.3. The summed E-state index contributed by atoms with van der Waals surface area (Å²) >= 11 is 0. The van der Waals surface area contributed by atoms with Gasteiger partial charge in [0.05, 0.1) is 6.61 Å². The summed E-state index contributed by atoms with van der Waals surface area (Å²) in [5.74, 6) is -0.388. The third kappa shape index (κ3) is 52.7. The van der Waals surface area contributed by atoms with Crippen molar-refractivity contribution in [3.63, 3.8) is 0 Å². The molecule has 0 heterocycles. The van der Waals surface area contributed by atoms with Crippen molar-refractivity contribution in [2.24, 2.45) is 0 Å². The predicted octanol–water partition coefficient (Wildman–Crippen LogP) is 19.4. The fourth-order valence-electron chi connectivity index (χ4n) is 8.47. The van der Waals surface area contributed by atoms with Crippen molar-refractivity contribution in [1.82, 2.24) is 0 Å². The molecule has 64 heavy (non-hydrogen) atoms. The van der Waals surface area contributed by atoms with Gasteiger partial charge in [-0.1, -0.05) is 276 Å². The van der Waals surface area contributed by atoms with Crippen LogP contribution in [-0.2, 0) is 23.8 Å². The van der Waals surface area contributed by atoms with E-state index in [2.05, 4.69) is 57.2 Å². The summed E-state index contributed by atoms with van der Waals surface area (Å²) in [5, 5.41) is 0. The predicted molar refractivity (Wildman–Crippen MR) is 279 cm³/mol. The van der Waals surface area contributed by atoms with E-state index in [4.69, 9.17) is 14.2 Å². The molecule has 0 aliphatic rings. The number of allylic oxidation sites excluding steroid dienone is 6. The van der Waals surface area contributed by atoms with Crippen molar-refractivity contribution in [2.45, 2.75) is 309 Å². The number of carbonyl (C=O) groups is 2. The van der Waals surface area contributed by atoms with Gasteiger partial charge in [-0.2, -0.15) is 0 Å². The molecule has 5 heteroatoms. The van der Waals surface area contributed by atoms with Crippen LogP contribution in [0.2, 0.25) is 0 Å². The van der Waals surface area contributed by atoms with Gasteiger partial charge in [0, 0.05) is 19.4 Å². The highest BCUT2D eigenvalue weighted by molar-refractivity contribution is 5.70. The van der Waals surface area contributed by atoms with Crippen molar-refractivity contribution < 1.29 is 23.8 Å². The molecule has 0 aromatic rings. The second-order valence-corrected chi connectivity index (χ2v) is 19.2. The molecule has 0 N–H and O–H groups in total. The molecule has 0 bridgehead atoms. The Bertz CT molecular complexity index is 1020. The maximum Gasteiger partial charge on any atom is 0.306 e. The van der Waals surface area contributed by atoms with E-state index in [9.17, 15) is 9.59 Å². The van der Waals surface area contributed by atoms with Gasteiger partial charge in [-0.25, -0.2) is 0 Å². The number of unbranched alkanes of at least 4 members (excludes halogenated alkanes) is 36. The number of rotatable bonds is 53. The minimum absolute atomic E-state index is 0.0880. The van der Waals surface area contributed by atoms with Crippen molar-refractivity contribution >= 4 is 11.9 Å². The first-order chi connectivity index (χ1) is 31.6. The van der Waals surface area contributed by atoms with Crippen LogP contribution in [0.15, 0.2) is 36.5 Å². The van der Waals surface area contributed by atoms with Gasteiger partial charge in [0.2, 0.25) is 0 Å². The monoisotopic (exact) mass is 899 g/mol. The molecule has 0 rings (SSSR count). The summed E-state index contributed by atoms with van der Waals surface area (Å²) < 4.78 is 17.5. The summed E-state index contributed by atoms with van der Waals surface area (Å²) in [6.07, 6.45) is 67.3. The molecule has 0 aromatic carbocycles. The van der Waals surface area contributed by atoms with Crippen LogP contribution in [0.25, 0.3) is 0 Å². The Morgan fingerprint density at radius 3 is 1.12 bits per heavy atom. The van der Waals surface area contributed by atoms with Crippen LogP contribution in [-0.4, -0.2) is 37.9 Å². The van der Waals surface area contributed by atoms with Gasteiger partial charge in [0.25, 0.3) is 0 Å². The Kier molecular flexibility index (Phi) is 53.8. The Morgan fingerprint density at radius 2 is 0.703 bits per heavy atom. The van der Waals surface area contributed by atoms with E-state index in [0.29, 0.717) is 26.1 Å². The van der Waals surface area contributed by atoms with E-state index >= 15 is 0 Å². The number of ether oxygens (including phenoxy) is 3. The van der Waals surface area contributed by atoms with Crippen LogP contribution < -0.4 is 0 Å². The molecule has 0 aliphatic heterocycles. The third-order valence-electron chi connectivity index (χ3n) is 12.7. The van der Waals surface area contributed by atoms with Gasteiger partial charge in [-0.05, 0) is 51.4 Å². The second-order valence-electron chi connectivity index (χ2n) is 19.2. The largest absolute Gasteiger partial charge is 0.462 e. The first kappa shape index (κ1) is 62.1. The highest BCUT2D eigenvalue weighted by Crippen LogP contribution is 2.17. The molecule has 0 radical (unpaired) electrons. The minimum atomic E-state index is -0.535. The lowest BCUT2D eigenvalue weighted by Gasteiger charge is -2.18. The summed E-state index contributed by atoms with van der Waals surface area (Å²) in [6.45, 7) is 7.77. The van der Waals surface area contributed by atoms with Crippen molar-refractivity contribution in [3.8, 4) is 0 Å². The fourth-order valence-corrected chi connectivity index (χ4v) is 8.47. The zero-order valence-corrected chi connectivity index (χ0v) is 43.3.